The summed E-state index contributed by atoms with van der Waals surface area (Å²) in [6.45, 7) is 2.71. The number of halogens is 1. The topological polar surface area (TPSA) is 120 Å². The standard InChI is InChI=1S/C30H39ClN4O5/c1-19(36)27-29(38)34-24(18-20-9-13-23(31)14-10-20)28(37)33-15-5-7-21-6-3-4-8-25(21)40-17-16-32-26(22-11-12-22)30(39)35(27)2/h3-4,6,8-10,13-14,19,22,24,26-27,32,36H,5,7,11-12,15-18H2,1-2H3,(H,33,37)(H,34,38)/t19?,24-,26+,27+/m1/s1. The predicted octanol–water partition coefficient (Wildman–Crippen LogP) is 2.08. The molecule has 216 valence electrons. The monoisotopic (exact) mass is 570 g/mol. The first-order valence-electron chi connectivity index (χ1n) is 14.0. The highest BCUT2D eigenvalue weighted by Crippen LogP contribution is 2.33. The highest BCUT2D eigenvalue weighted by molar-refractivity contribution is 6.30. The van der Waals surface area contributed by atoms with Gasteiger partial charge in [0, 0.05) is 31.6 Å². The number of rotatable bonds is 4. The van der Waals surface area contributed by atoms with Crippen molar-refractivity contribution in [3.05, 3.63) is 64.7 Å². The van der Waals surface area contributed by atoms with Gasteiger partial charge in [0.05, 0.1) is 12.1 Å². The van der Waals surface area contributed by atoms with Gasteiger partial charge >= 0.3 is 0 Å². The van der Waals surface area contributed by atoms with E-state index in [1.807, 2.05) is 24.3 Å². The maximum Gasteiger partial charge on any atom is 0.246 e. The summed E-state index contributed by atoms with van der Waals surface area (Å²) in [5.74, 6) is -0.263. The Morgan fingerprint density at radius 2 is 1.77 bits per heavy atom. The third kappa shape index (κ3) is 7.96. The first kappa shape index (κ1) is 29.8. The normalized spacial score (nSPS) is 24.6. The number of aliphatic hydroxyl groups is 1. The van der Waals surface area contributed by atoms with Crippen molar-refractivity contribution in [1.82, 2.24) is 20.9 Å². The van der Waals surface area contributed by atoms with Crippen LogP contribution in [0.25, 0.3) is 0 Å². The number of hydrogen-bond acceptors (Lipinski definition) is 6. The lowest BCUT2D eigenvalue weighted by Crippen LogP contribution is -2.60. The van der Waals surface area contributed by atoms with Gasteiger partial charge in [-0.15, -0.1) is 0 Å². The fourth-order valence-electron chi connectivity index (χ4n) is 5.12. The molecule has 0 aromatic heterocycles. The Hall–Kier alpha value is -3.14. The van der Waals surface area contributed by atoms with Gasteiger partial charge < -0.3 is 30.7 Å². The number of hydrogen-bond donors (Lipinski definition) is 4. The molecule has 40 heavy (non-hydrogen) atoms. The molecule has 4 N–H and O–H groups in total. The van der Waals surface area contributed by atoms with E-state index in [0.717, 1.165) is 29.7 Å². The van der Waals surface area contributed by atoms with Crippen LogP contribution in [-0.2, 0) is 27.2 Å². The summed E-state index contributed by atoms with van der Waals surface area (Å²) in [4.78, 5) is 41.7. The van der Waals surface area contributed by atoms with E-state index in [9.17, 15) is 19.5 Å². The molecular weight excluding hydrogens is 532 g/mol. The molecule has 1 saturated carbocycles. The van der Waals surface area contributed by atoms with Gasteiger partial charge in [0.2, 0.25) is 17.7 Å². The zero-order chi connectivity index (χ0) is 28.6. The largest absolute Gasteiger partial charge is 0.492 e. The SMILES string of the molecule is CC(O)[C@H]1C(=O)N[C@H](Cc2ccc(Cl)cc2)C(=O)NCCCc2ccccc2OCCN[C@@H](C2CC2)C(=O)N1C. The van der Waals surface area contributed by atoms with E-state index in [1.165, 1.54) is 18.9 Å². The Balaban J connectivity index is 1.59. The Morgan fingerprint density at radius 3 is 2.48 bits per heavy atom. The summed E-state index contributed by atoms with van der Waals surface area (Å²) < 4.78 is 6.04. The molecule has 10 heteroatoms. The summed E-state index contributed by atoms with van der Waals surface area (Å²) in [7, 11) is 1.52. The average Bonchev–Trinajstić information content (AvgIpc) is 3.77. The van der Waals surface area contributed by atoms with Gasteiger partial charge in [0.1, 0.15) is 24.4 Å². The average molecular weight is 571 g/mol. The highest BCUT2D eigenvalue weighted by atomic mass is 35.5. The summed E-state index contributed by atoms with van der Waals surface area (Å²) in [5.41, 5.74) is 1.85. The quantitative estimate of drug-likeness (QED) is 0.447. The molecule has 3 amide bonds. The van der Waals surface area contributed by atoms with E-state index in [-0.39, 0.29) is 24.2 Å². The molecule has 2 aliphatic rings. The van der Waals surface area contributed by atoms with Gasteiger partial charge in [-0.1, -0.05) is 41.9 Å². The Morgan fingerprint density at radius 1 is 1.05 bits per heavy atom. The number of amides is 3. The molecule has 2 aromatic carbocycles. The lowest BCUT2D eigenvalue weighted by molar-refractivity contribution is -0.145. The second kappa shape index (κ2) is 14.0. The van der Waals surface area contributed by atoms with Crippen molar-refractivity contribution in [2.45, 2.75) is 63.3 Å². The molecule has 2 aromatic rings. The molecule has 0 bridgehead atoms. The van der Waals surface area contributed by atoms with E-state index < -0.39 is 30.1 Å². The van der Waals surface area contributed by atoms with Crippen molar-refractivity contribution in [3.8, 4) is 5.75 Å². The third-order valence-corrected chi connectivity index (χ3v) is 7.71. The molecule has 1 aliphatic carbocycles. The number of ether oxygens (including phenoxy) is 1. The Bertz CT molecular complexity index is 1170. The number of para-hydroxylation sites is 1. The van der Waals surface area contributed by atoms with Gasteiger partial charge in [0.25, 0.3) is 0 Å². The van der Waals surface area contributed by atoms with E-state index in [2.05, 4.69) is 16.0 Å². The summed E-state index contributed by atoms with van der Waals surface area (Å²) >= 11 is 6.03. The minimum absolute atomic E-state index is 0.161. The Labute approximate surface area is 240 Å². The zero-order valence-electron chi connectivity index (χ0n) is 23.1. The van der Waals surface area contributed by atoms with Crippen LogP contribution >= 0.6 is 11.6 Å². The molecule has 1 aliphatic heterocycles. The third-order valence-electron chi connectivity index (χ3n) is 7.45. The van der Waals surface area contributed by atoms with Crippen LogP contribution in [-0.4, -0.2) is 78.7 Å². The lowest BCUT2D eigenvalue weighted by Gasteiger charge is -2.33. The number of likely N-dealkylation sites (N-methyl/N-ethyl adjacent to an activating group) is 1. The molecule has 4 rings (SSSR count). The van der Waals surface area contributed by atoms with Crippen LogP contribution in [0.4, 0.5) is 0 Å². The molecule has 1 heterocycles. The minimum Gasteiger partial charge on any atom is -0.492 e. The first-order valence-corrected chi connectivity index (χ1v) is 14.3. The van der Waals surface area contributed by atoms with E-state index in [1.54, 1.807) is 24.3 Å². The van der Waals surface area contributed by atoms with Gasteiger partial charge in [0.15, 0.2) is 0 Å². The zero-order valence-corrected chi connectivity index (χ0v) is 23.8. The second-order valence-electron chi connectivity index (χ2n) is 10.6. The summed E-state index contributed by atoms with van der Waals surface area (Å²) in [5, 5.41) is 20.2. The van der Waals surface area contributed by atoms with E-state index >= 15 is 0 Å². The van der Waals surface area contributed by atoms with Crippen molar-refractivity contribution >= 4 is 29.3 Å². The van der Waals surface area contributed by atoms with Crippen LogP contribution in [0.3, 0.4) is 0 Å². The van der Waals surface area contributed by atoms with Crippen molar-refractivity contribution in [2.75, 3.05) is 26.7 Å². The van der Waals surface area contributed by atoms with Crippen LogP contribution in [0.2, 0.25) is 5.02 Å². The first-order chi connectivity index (χ1) is 19.2. The summed E-state index contributed by atoms with van der Waals surface area (Å²) in [6, 6.07) is 12.3. The fraction of sp³-hybridized carbons (Fsp3) is 0.500. The molecular formula is C30H39ClN4O5. The van der Waals surface area contributed by atoms with Gasteiger partial charge in [-0.3, -0.25) is 14.4 Å². The predicted molar refractivity (Wildman–Crippen MR) is 153 cm³/mol. The molecule has 9 nitrogen and oxygen atoms in total. The number of benzene rings is 2. The minimum atomic E-state index is -1.17. The number of carbonyl (C=O) groups is 3. The maximum absolute atomic E-state index is 13.6. The highest BCUT2D eigenvalue weighted by Gasteiger charge is 2.41. The summed E-state index contributed by atoms with van der Waals surface area (Å²) in [6.07, 6.45) is 2.28. The number of fused-ring (bicyclic) bond motifs is 1. The van der Waals surface area contributed by atoms with Crippen LogP contribution < -0.4 is 20.7 Å². The second-order valence-corrected chi connectivity index (χ2v) is 11.1. The van der Waals surface area contributed by atoms with Crippen molar-refractivity contribution in [1.29, 1.82) is 0 Å². The molecule has 1 unspecified atom stereocenters. The number of nitrogens with zero attached hydrogens (tertiary/aromatic N) is 1. The molecule has 0 spiro atoms. The fourth-order valence-corrected chi connectivity index (χ4v) is 5.25. The number of aryl methyl sites for hydroxylation is 1. The number of aliphatic hydroxyl groups excluding tert-OH is 1. The number of carbonyl (C=O) groups excluding carboxylic acids is 3. The van der Waals surface area contributed by atoms with Gasteiger partial charge in [-0.25, -0.2) is 0 Å². The molecule has 0 saturated heterocycles. The molecule has 4 atom stereocenters. The number of nitrogens with one attached hydrogen (secondary N) is 3. The van der Waals surface area contributed by atoms with Crippen LogP contribution in [0.1, 0.15) is 37.3 Å². The van der Waals surface area contributed by atoms with Crippen molar-refractivity contribution in [3.63, 3.8) is 0 Å². The Kier molecular flexibility index (Phi) is 10.4. The van der Waals surface area contributed by atoms with Gasteiger partial charge in [-0.2, -0.15) is 0 Å². The van der Waals surface area contributed by atoms with Crippen molar-refractivity contribution < 1.29 is 24.2 Å². The van der Waals surface area contributed by atoms with Crippen LogP contribution in [0, 0.1) is 5.92 Å². The van der Waals surface area contributed by atoms with Crippen LogP contribution in [0.15, 0.2) is 48.5 Å². The molecule has 0 radical (unpaired) electrons. The smallest absolute Gasteiger partial charge is 0.246 e. The van der Waals surface area contributed by atoms with E-state index in [0.29, 0.717) is 37.6 Å². The van der Waals surface area contributed by atoms with Crippen molar-refractivity contribution in [2.24, 2.45) is 5.92 Å². The van der Waals surface area contributed by atoms with E-state index in [4.69, 9.17) is 16.3 Å². The van der Waals surface area contributed by atoms with Crippen LogP contribution in [0.5, 0.6) is 5.75 Å². The molecule has 1 fully saturated rings. The maximum atomic E-state index is 13.6. The van der Waals surface area contributed by atoms with Gasteiger partial charge in [-0.05, 0) is 67.9 Å². The lowest BCUT2D eigenvalue weighted by atomic mass is 10.0.